The van der Waals surface area contributed by atoms with E-state index in [9.17, 15) is 0 Å². The Morgan fingerprint density at radius 1 is 1.35 bits per heavy atom. The zero-order valence-corrected chi connectivity index (χ0v) is 11.5. The van der Waals surface area contributed by atoms with Gasteiger partial charge in [-0.25, -0.2) is 0 Å². The molecule has 0 aliphatic carbocycles. The van der Waals surface area contributed by atoms with Crippen LogP contribution in [0.5, 0.6) is 0 Å². The molecule has 1 fully saturated rings. The summed E-state index contributed by atoms with van der Waals surface area (Å²) in [6, 6.07) is 0. The van der Waals surface area contributed by atoms with Gasteiger partial charge in [-0.1, -0.05) is 13.8 Å². The lowest BCUT2D eigenvalue weighted by Gasteiger charge is -2.27. The summed E-state index contributed by atoms with van der Waals surface area (Å²) in [5.74, 6) is 1.10. The molecule has 0 bridgehead atoms. The van der Waals surface area contributed by atoms with Crippen molar-refractivity contribution < 1.29 is 0 Å². The fraction of sp³-hybridized carbons (Fsp3) is 0.769. The van der Waals surface area contributed by atoms with Crippen molar-refractivity contribution in [1.29, 1.82) is 0 Å². The highest BCUT2D eigenvalue weighted by atomic mass is 15.4. The van der Waals surface area contributed by atoms with E-state index in [4.69, 9.17) is 5.73 Å². The highest BCUT2D eigenvalue weighted by Crippen LogP contribution is 2.40. The highest BCUT2D eigenvalue weighted by molar-refractivity contribution is 5.66. The molecule has 0 aromatic carbocycles. The Labute approximate surface area is 104 Å². The molecule has 0 saturated carbocycles. The van der Waals surface area contributed by atoms with Crippen LogP contribution < -0.4 is 10.6 Å². The number of rotatable bonds is 3. The van der Waals surface area contributed by atoms with Gasteiger partial charge in [0.25, 0.3) is 0 Å². The average Bonchev–Trinajstić information content (AvgIpc) is 2.83. The van der Waals surface area contributed by atoms with Crippen molar-refractivity contribution in [3.05, 3.63) is 5.69 Å². The first-order chi connectivity index (χ1) is 8.03. The quantitative estimate of drug-likeness (QED) is 0.876. The predicted molar refractivity (Wildman–Crippen MR) is 72.2 cm³/mol. The van der Waals surface area contributed by atoms with Crippen LogP contribution in [0.15, 0.2) is 0 Å². The number of anilines is 2. The number of hydrogen-bond donors (Lipinski definition) is 1. The number of nitrogens with zero attached hydrogens (tertiary/aromatic N) is 3. The molecule has 2 heterocycles. The van der Waals surface area contributed by atoms with Crippen LogP contribution in [0.4, 0.5) is 11.5 Å². The van der Waals surface area contributed by atoms with Crippen molar-refractivity contribution in [2.24, 2.45) is 12.5 Å². The van der Waals surface area contributed by atoms with E-state index in [1.807, 2.05) is 18.7 Å². The molecule has 0 unspecified atom stereocenters. The number of nitrogen functional groups attached to an aromatic ring is 1. The van der Waals surface area contributed by atoms with Gasteiger partial charge in [-0.2, -0.15) is 5.10 Å². The second-order valence-corrected chi connectivity index (χ2v) is 5.32. The zero-order valence-electron chi connectivity index (χ0n) is 11.5. The zero-order chi connectivity index (χ0) is 12.6. The van der Waals surface area contributed by atoms with Gasteiger partial charge < -0.3 is 10.6 Å². The molecule has 1 aliphatic rings. The average molecular weight is 236 g/mol. The van der Waals surface area contributed by atoms with Crippen LogP contribution in [-0.2, 0) is 7.05 Å². The van der Waals surface area contributed by atoms with Gasteiger partial charge in [-0.3, -0.25) is 4.68 Å². The van der Waals surface area contributed by atoms with Gasteiger partial charge in [0.2, 0.25) is 0 Å². The van der Waals surface area contributed by atoms with E-state index in [0.29, 0.717) is 5.41 Å². The van der Waals surface area contributed by atoms with Crippen LogP contribution in [-0.4, -0.2) is 22.9 Å². The lowest BCUT2D eigenvalue weighted by Crippen LogP contribution is -2.28. The molecule has 1 aromatic heterocycles. The van der Waals surface area contributed by atoms with Gasteiger partial charge >= 0.3 is 0 Å². The predicted octanol–water partition coefficient (Wildman–Crippen LogP) is 2.33. The summed E-state index contributed by atoms with van der Waals surface area (Å²) in [5.41, 5.74) is 8.39. The van der Waals surface area contributed by atoms with Gasteiger partial charge in [-0.15, -0.1) is 0 Å². The van der Waals surface area contributed by atoms with Crippen LogP contribution in [0.3, 0.4) is 0 Å². The van der Waals surface area contributed by atoms with E-state index in [2.05, 4.69) is 23.8 Å². The molecule has 2 N–H and O–H groups in total. The van der Waals surface area contributed by atoms with E-state index in [-0.39, 0.29) is 0 Å². The van der Waals surface area contributed by atoms with Crippen molar-refractivity contribution >= 4 is 11.5 Å². The van der Waals surface area contributed by atoms with Crippen molar-refractivity contribution in [2.75, 3.05) is 23.7 Å². The molecule has 0 radical (unpaired) electrons. The first kappa shape index (κ1) is 12.3. The molecule has 0 amide bonds. The minimum Gasteiger partial charge on any atom is -0.394 e. The Hall–Kier alpha value is -1.19. The van der Waals surface area contributed by atoms with Gasteiger partial charge in [0.15, 0.2) is 0 Å². The molecule has 1 aromatic rings. The van der Waals surface area contributed by atoms with Crippen molar-refractivity contribution in [3.63, 3.8) is 0 Å². The van der Waals surface area contributed by atoms with Gasteiger partial charge in [0.1, 0.15) is 5.82 Å². The largest absolute Gasteiger partial charge is 0.394 e. The van der Waals surface area contributed by atoms with E-state index in [1.54, 1.807) is 0 Å². The summed E-state index contributed by atoms with van der Waals surface area (Å²) in [5, 5.41) is 4.40. The first-order valence-electron chi connectivity index (χ1n) is 6.57. The Kier molecular flexibility index (Phi) is 3.06. The smallest absolute Gasteiger partial charge is 0.150 e. The molecule has 4 nitrogen and oxygen atoms in total. The van der Waals surface area contributed by atoms with E-state index < -0.39 is 0 Å². The number of hydrogen-bond acceptors (Lipinski definition) is 3. The maximum atomic E-state index is 6.13. The molecule has 1 aliphatic heterocycles. The van der Waals surface area contributed by atoms with Crippen LogP contribution in [0, 0.1) is 12.3 Å². The number of aromatic nitrogens is 2. The molecular weight excluding hydrogens is 212 g/mol. The molecular formula is C13H24N4. The molecule has 0 spiro atoms. The number of aryl methyl sites for hydroxylation is 2. The van der Waals surface area contributed by atoms with Crippen molar-refractivity contribution in [3.8, 4) is 0 Å². The van der Waals surface area contributed by atoms with Crippen LogP contribution in [0.25, 0.3) is 0 Å². The number of nitrogens with two attached hydrogens (primary N) is 1. The standard InChI is InChI=1S/C13H24N4/c1-5-13(6-2)7-8-17(9-13)12-11(14)10(3)15-16(12)4/h5-9,14H2,1-4H3. The van der Waals surface area contributed by atoms with Gasteiger partial charge in [0.05, 0.1) is 11.4 Å². The third-order valence-corrected chi connectivity index (χ3v) is 4.48. The lowest BCUT2D eigenvalue weighted by atomic mass is 9.82. The Morgan fingerprint density at radius 3 is 2.41 bits per heavy atom. The van der Waals surface area contributed by atoms with E-state index in [1.165, 1.54) is 19.3 Å². The Morgan fingerprint density at radius 2 is 2.00 bits per heavy atom. The molecule has 96 valence electrons. The fourth-order valence-corrected chi connectivity index (χ4v) is 2.98. The molecule has 0 atom stereocenters. The topological polar surface area (TPSA) is 47.1 Å². The van der Waals surface area contributed by atoms with E-state index in [0.717, 1.165) is 30.3 Å². The summed E-state index contributed by atoms with van der Waals surface area (Å²) in [7, 11) is 1.98. The summed E-state index contributed by atoms with van der Waals surface area (Å²) >= 11 is 0. The minimum absolute atomic E-state index is 0.477. The SMILES string of the molecule is CCC1(CC)CCN(c2c(N)c(C)nn2C)C1. The maximum absolute atomic E-state index is 6.13. The van der Waals surface area contributed by atoms with E-state index >= 15 is 0 Å². The minimum atomic E-state index is 0.477. The third kappa shape index (κ3) is 1.90. The third-order valence-electron chi connectivity index (χ3n) is 4.48. The van der Waals surface area contributed by atoms with Gasteiger partial charge in [0, 0.05) is 20.1 Å². The second kappa shape index (κ2) is 4.24. The first-order valence-corrected chi connectivity index (χ1v) is 6.57. The second-order valence-electron chi connectivity index (χ2n) is 5.32. The molecule has 2 rings (SSSR count). The van der Waals surface area contributed by atoms with Gasteiger partial charge in [-0.05, 0) is 31.6 Å². The van der Waals surface area contributed by atoms with Crippen LogP contribution >= 0.6 is 0 Å². The molecule has 1 saturated heterocycles. The summed E-state index contributed by atoms with van der Waals surface area (Å²) in [6.07, 6.45) is 3.76. The monoisotopic (exact) mass is 236 g/mol. The van der Waals surface area contributed by atoms with Crippen molar-refractivity contribution in [2.45, 2.75) is 40.0 Å². The maximum Gasteiger partial charge on any atom is 0.150 e. The van der Waals surface area contributed by atoms with Crippen molar-refractivity contribution in [1.82, 2.24) is 9.78 Å². The summed E-state index contributed by atoms with van der Waals surface area (Å²) in [6.45, 7) is 8.78. The molecule has 4 heteroatoms. The normalized spacial score (nSPS) is 18.9. The lowest BCUT2D eigenvalue weighted by molar-refractivity contribution is 0.301. The Balaban J connectivity index is 2.26. The highest BCUT2D eigenvalue weighted by Gasteiger charge is 2.36. The summed E-state index contributed by atoms with van der Waals surface area (Å²) in [4.78, 5) is 2.41. The van der Waals surface area contributed by atoms with Crippen LogP contribution in [0.2, 0.25) is 0 Å². The van der Waals surface area contributed by atoms with Crippen LogP contribution in [0.1, 0.15) is 38.8 Å². The Bertz CT molecular complexity index is 404. The summed E-state index contributed by atoms with van der Waals surface area (Å²) < 4.78 is 1.92. The fourth-order valence-electron chi connectivity index (χ4n) is 2.98. The molecule has 17 heavy (non-hydrogen) atoms.